The van der Waals surface area contributed by atoms with Crippen LogP contribution >= 0.6 is 16.5 Å². The first-order valence-corrected chi connectivity index (χ1v) is 5.22. The molecule has 7 nitrogen and oxygen atoms in total. The second kappa shape index (κ2) is 7.21. The minimum absolute atomic E-state index is 1.62. The van der Waals surface area contributed by atoms with Gasteiger partial charge >= 0.3 is 16.5 Å². The highest BCUT2D eigenvalue weighted by Crippen LogP contribution is 2.30. The molecule has 0 radical (unpaired) electrons. The van der Waals surface area contributed by atoms with Gasteiger partial charge in [0.05, 0.1) is 6.33 Å². The van der Waals surface area contributed by atoms with E-state index in [2.05, 4.69) is 14.3 Å². The second-order valence-electron chi connectivity index (χ2n) is 1.39. The summed E-state index contributed by atoms with van der Waals surface area (Å²) in [5.41, 5.74) is 0. The number of aromatic nitrogens is 2. The molecule has 2 atom stereocenters. The fourth-order valence-electron chi connectivity index (χ4n) is 0.290. The predicted octanol–water partition coefficient (Wildman–Crippen LogP) is 0.177. The minimum Gasteiger partial charge on any atom is -0.351 e. The number of hydrogen-bond donors (Lipinski definition) is 3. The van der Waals surface area contributed by atoms with Gasteiger partial charge in [0, 0.05) is 12.4 Å². The standard InChI is InChI=1S/C3H4N2.H4O5P2/c1-2-5-3-4-1;1-6(2)5-7(3)4/h1-3H,(H,4,5);6-7H,(H,1,2)(H,3,4). The molecule has 0 saturated carbocycles. The molecule has 0 aliphatic heterocycles. The molecule has 0 bridgehead atoms. The first kappa shape index (κ1) is 11.6. The van der Waals surface area contributed by atoms with E-state index in [-0.39, 0.29) is 0 Å². The Bertz CT molecular complexity index is 208. The second-order valence-corrected chi connectivity index (χ2v) is 3.27. The van der Waals surface area contributed by atoms with Gasteiger partial charge in [0.25, 0.3) is 0 Å². The summed E-state index contributed by atoms with van der Waals surface area (Å²) in [4.78, 5) is 21.8. The Balaban J connectivity index is 0.000000211. The van der Waals surface area contributed by atoms with Crippen LogP contribution in [0, 0.1) is 0 Å². The Morgan fingerprint density at radius 3 is 2.00 bits per heavy atom. The number of aromatic amines is 1. The smallest absolute Gasteiger partial charge is 0.323 e. The quantitative estimate of drug-likeness (QED) is 0.605. The van der Waals surface area contributed by atoms with Crippen molar-refractivity contribution in [3.05, 3.63) is 18.7 Å². The molecular weight excluding hydrogens is 206 g/mol. The molecule has 2 unspecified atom stereocenters. The lowest BCUT2D eigenvalue weighted by molar-refractivity contribution is 0.371. The van der Waals surface area contributed by atoms with Crippen LogP contribution in [0.15, 0.2) is 18.7 Å². The van der Waals surface area contributed by atoms with Crippen molar-refractivity contribution in [3.8, 4) is 0 Å². The van der Waals surface area contributed by atoms with Crippen LogP contribution in [0.3, 0.4) is 0 Å². The predicted molar refractivity (Wildman–Crippen MR) is 42.1 cm³/mol. The number of nitrogens with one attached hydrogen (secondary N) is 1. The van der Waals surface area contributed by atoms with Crippen molar-refractivity contribution in [2.75, 3.05) is 0 Å². The molecule has 3 N–H and O–H groups in total. The SMILES string of the molecule is O=[PH](O)O[PH](=O)O.c1c[nH]cn1. The number of hydrogen-bond acceptors (Lipinski definition) is 4. The lowest BCUT2D eigenvalue weighted by Gasteiger charge is -1.86. The summed E-state index contributed by atoms with van der Waals surface area (Å²) in [5.74, 6) is 0. The highest BCUT2D eigenvalue weighted by molar-refractivity contribution is 7.46. The van der Waals surface area contributed by atoms with Gasteiger partial charge in [-0.15, -0.1) is 0 Å². The number of rotatable bonds is 2. The van der Waals surface area contributed by atoms with Crippen LogP contribution < -0.4 is 0 Å². The summed E-state index contributed by atoms with van der Waals surface area (Å²) >= 11 is 0. The van der Waals surface area contributed by atoms with Crippen molar-refractivity contribution < 1.29 is 23.2 Å². The molecule has 0 fully saturated rings. The van der Waals surface area contributed by atoms with E-state index in [9.17, 15) is 9.13 Å². The number of nitrogens with zero attached hydrogens (tertiary/aromatic N) is 1. The molecular formula is C3H8N2O5P2. The average molecular weight is 214 g/mol. The Morgan fingerprint density at radius 2 is 1.92 bits per heavy atom. The third-order valence-corrected chi connectivity index (χ3v) is 1.98. The zero-order valence-electron chi connectivity index (χ0n) is 5.80. The summed E-state index contributed by atoms with van der Waals surface area (Å²) in [6, 6.07) is 0. The molecule has 0 aliphatic rings. The van der Waals surface area contributed by atoms with Crippen molar-refractivity contribution in [2.45, 2.75) is 0 Å². The fourth-order valence-corrected chi connectivity index (χ4v) is 0.887. The first-order chi connectivity index (χ1) is 5.63. The van der Waals surface area contributed by atoms with Crippen molar-refractivity contribution in [1.82, 2.24) is 9.97 Å². The Kier molecular flexibility index (Phi) is 6.94. The maximum Gasteiger partial charge on any atom is 0.323 e. The van der Waals surface area contributed by atoms with E-state index in [1.165, 1.54) is 0 Å². The summed E-state index contributed by atoms with van der Waals surface area (Å²) < 4.78 is 22.3. The zero-order valence-corrected chi connectivity index (χ0v) is 7.80. The molecule has 1 rings (SSSR count). The van der Waals surface area contributed by atoms with E-state index in [1.54, 1.807) is 18.7 Å². The van der Waals surface area contributed by atoms with Gasteiger partial charge in [-0.3, -0.25) is 9.13 Å². The lowest BCUT2D eigenvalue weighted by Crippen LogP contribution is -1.58. The van der Waals surface area contributed by atoms with E-state index < -0.39 is 16.5 Å². The molecule has 9 heteroatoms. The summed E-state index contributed by atoms with van der Waals surface area (Å²) in [5, 5.41) is 0. The normalized spacial score (nSPS) is 14.2. The Labute approximate surface area is 69.3 Å². The van der Waals surface area contributed by atoms with Crippen LogP contribution in [0.4, 0.5) is 0 Å². The highest BCUT2D eigenvalue weighted by atomic mass is 31.2. The maximum absolute atomic E-state index is 9.44. The maximum atomic E-state index is 9.44. The van der Waals surface area contributed by atoms with E-state index in [0.29, 0.717) is 0 Å². The van der Waals surface area contributed by atoms with Gasteiger partial charge < -0.3 is 14.8 Å². The van der Waals surface area contributed by atoms with Crippen LogP contribution in [-0.2, 0) is 13.4 Å². The van der Waals surface area contributed by atoms with Crippen LogP contribution in [0.25, 0.3) is 0 Å². The molecule has 12 heavy (non-hydrogen) atoms. The lowest BCUT2D eigenvalue weighted by atomic mass is 11.0. The van der Waals surface area contributed by atoms with E-state index >= 15 is 0 Å². The monoisotopic (exact) mass is 214 g/mol. The zero-order chi connectivity index (χ0) is 9.40. The first-order valence-electron chi connectivity index (χ1n) is 2.69. The molecule has 0 amide bonds. The largest absolute Gasteiger partial charge is 0.351 e. The fraction of sp³-hybridized carbons (Fsp3) is 0. The van der Waals surface area contributed by atoms with E-state index in [1.807, 2.05) is 0 Å². The van der Waals surface area contributed by atoms with Gasteiger partial charge in [0.1, 0.15) is 0 Å². The number of imidazole rings is 1. The van der Waals surface area contributed by atoms with Crippen molar-refractivity contribution >= 4 is 16.5 Å². The molecule has 0 aromatic carbocycles. The third kappa shape index (κ3) is 9.55. The molecule has 0 saturated heterocycles. The highest BCUT2D eigenvalue weighted by Gasteiger charge is 1.93. The Morgan fingerprint density at radius 1 is 1.33 bits per heavy atom. The molecule has 1 aromatic rings. The summed E-state index contributed by atoms with van der Waals surface area (Å²) in [6.07, 6.45) is 5.08. The van der Waals surface area contributed by atoms with Crippen molar-refractivity contribution in [3.63, 3.8) is 0 Å². The van der Waals surface area contributed by atoms with Crippen LogP contribution in [-0.4, -0.2) is 19.8 Å². The van der Waals surface area contributed by atoms with Crippen molar-refractivity contribution in [2.24, 2.45) is 0 Å². The minimum atomic E-state index is -3.20. The van der Waals surface area contributed by atoms with Gasteiger partial charge in [-0.1, -0.05) is 0 Å². The molecule has 70 valence electrons. The van der Waals surface area contributed by atoms with Gasteiger partial charge in [-0.2, -0.15) is 0 Å². The van der Waals surface area contributed by atoms with E-state index in [4.69, 9.17) is 9.79 Å². The topological polar surface area (TPSA) is 113 Å². The molecule has 1 heterocycles. The van der Waals surface area contributed by atoms with Crippen LogP contribution in [0.5, 0.6) is 0 Å². The average Bonchev–Trinajstić information content (AvgIpc) is 2.36. The van der Waals surface area contributed by atoms with Crippen molar-refractivity contribution in [1.29, 1.82) is 0 Å². The number of H-pyrrole nitrogens is 1. The molecule has 1 aromatic heterocycles. The van der Waals surface area contributed by atoms with E-state index in [0.717, 1.165) is 0 Å². The van der Waals surface area contributed by atoms with Gasteiger partial charge in [-0.05, 0) is 0 Å². The molecule has 0 aliphatic carbocycles. The van der Waals surface area contributed by atoms with Crippen LogP contribution in [0.1, 0.15) is 0 Å². The van der Waals surface area contributed by atoms with Gasteiger partial charge in [-0.25, -0.2) is 9.29 Å². The third-order valence-electron chi connectivity index (χ3n) is 0.581. The Hall–Kier alpha value is -0.450. The van der Waals surface area contributed by atoms with Gasteiger partial charge in [0.15, 0.2) is 0 Å². The van der Waals surface area contributed by atoms with Gasteiger partial charge in [0.2, 0.25) is 0 Å². The molecule has 0 spiro atoms. The van der Waals surface area contributed by atoms with Crippen LogP contribution in [0.2, 0.25) is 0 Å². The summed E-state index contributed by atoms with van der Waals surface area (Å²) in [6.45, 7) is 0. The summed E-state index contributed by atoms with van der Waals surface area (Å²) in [7, 11) is -6.40.